The quantitative estimate of drug-likeness (QED) is 0.711. The lowest BCUT2D eigenvalue weighted by Gasteiger charge is -2.09. The van der Waals surface area contributed by atoms with Crippen molar-refractivity contribution in [2.45, 2.75) is 14.7 Å². The molecular weight excluding hydrogens is 406 g/mol. The molecule has 0 atom stereocenters. The molecule has 0 bridgehead atoms. The Labute approximate surface area is 127 Å². The van der Waals surface area contributed by atoms with Gasteiger partial charge in [-0.15, -0.1) is 0 Å². The summed E-state index contributed by atoms with van der Waals surface area (Å²) in [5, 5.41) is -0.613. The molecule has 0 saturated heterocycles. The minimum Gasteiger partial charge on any atom is -0.207 e. The van der Waals surface area contributed by atoms with Crippen molar-refractivity contribution in [1.29, 1.82) is 0 Å². The van der Waals surface area contributed by atoms with Gasteiger partial charge in [0.15, 0.2) is 0 Å². The van der Waals surface area contributed by atoms with Crippen LogP contribution in [0.4, 0.5) is 0 Å². The van der Waals surface area contributed by atoms with Crippen LogP contribution < -0.4 is 0 Å². The molecule has 0 aromatic heterocycles. The van der Waals surface area contributed by atoms with Crippen LogP contribution in [-0.4, -0.2) is 25.3 Å². The molecule has 0 aliphatic rings. The van der Waals surface area contributed by atoms with Gasteiger partial charge < -0.3 is 0 Å². The monoisotopic (exact) mass is 406 g/mol. The standard InChI is InChI=1S/C6H2Cl4O6S3/c7-3-1-2-4(17(8,11)12)6(19(10,15)16)5(3)18(9,13)14/h1-2H. The van der Waals surface area contributed by atoms with Gasteiger partial charge in [0.1, 0.15) is 14.7 Å². The lowest BCUT2D eigenvalue weighted by Crippen LogP contribution is -2.08. The van der Waals surface area contributed by atoms with Gasteiger partial charge >= 0.3 is 0 Å². The zero-order valence-corrected chi connectivity index (χ0v) is 13.8. The predicted molar refractivity (Wildman–Crippen MR) is 70.6 cm³/mol. The van der Waals surface area contributed by atoms with Crippen molar-refractivity contribution in [1.82, 2.24) is 0 Å². The molecule has 0 unspecified atom stereocenters. The Kier molecular flexibility index (Phi) is 4.74. The highest BCUT2D eigenvalue weighted by Crippen LogP contribution is 2.38. The van der Waals surface area contributed by atoms with E-state index in [2.05, 4.69) is 0 Å². The summed E-state index contributed by atoms with van der Waals surface area (Å²) < 4.78 is 67.9. The van der Waals surface area contributed by atoms with E-state index in [4.69, 9.17) is 43.6 Å². The first-order chi connectivity index (χ1) is 8.26. The molecule has 1 aromatic rings. The molecule has 19 heavy (non-hydrogen) atoms. The summed E-state index contributed by atoms with van der Waals surface area (Å²) in [5.74, 6) is 0. The number of halogens is 4. The molecule has 1 rings (SSSR count). The first kappa shape index (κ1) is 17.3. The molecule has 0 spiro atoms. The molecule has 0 N–H and O–H groups in total. The molecule has 0 radical (unpaired) electrons. The zero-order valence-electron chi connectivity index (χ0n) is 8.34. The molecule has 1 aromatic carbocycles. The van der Waals surface area contributed by atoms with Crippen molar-refractivity contribution in [3.8, 4) is 0 Å². The molecule has 108 valence electrons. The van der Waals surface area contributed by atoms with Crippen LogP contribution in [0.3, 0.4) is 0 Å². The maximum absolute atomic E-state index is 11.4. The van der Waals surface area contributed by atoms with Crippen LogP contribution in [0.2, 0.25) is 5.02 Å². The number of hydrogen-bond donors (Lipinski definition) is 0. The molecule has 0 heterocycles. The number of benzene rings is 1. The zero-order chi connectivity index (χ0) is 15.2. The minimum atomic E-state index is -4.79. The average molecular weight is 408 g/mol. The van der Waals surface area contributed by atoms with Crippen molar-refractivity contribution < 1.29 is 25.3 Å². The third kappa shape index (κ3) is 3.87. The second kappa shape index (κ2) is 5.21. The van der Waals surface area contributed by atoms with Crippen LogP contribution in [0.25, 0.3) is 0 Å². The highest BCUT2D eigenvalue weighted by atomic mass is 35.7. The van der Waals surface area contributed by atoms with Gasteiger partial charge in [-0.3, -0.25) is 0 Å². The van der Waals surface area contributed by atoms with E-state index in [1.807, 2.05) is 0 Å². The van der Waals surface area contributed by atoms with Crippen LogP contribution in [0, 0.1) is 0 Å². The fraction of sp³-hybridized carbons (Fsp3) is 0. The minimum absolute atomic E-state index is 0.613. The highest BCUT2D eigenvalue weighted by Gasteiger charge is 2.34. The second-order valence-electron chi connectivity index (χ2n) is 3.02. The summed E-state index contributed by atoms with van der Waals surface area (Å²) in [6.45, 7) is 0. The third-order valence-electron chi connectivity index (χ3n) is 1.78. The van der Waals surface area contributed by atoms with E-state index >= 15 is 0 Å². The number of hydrogen-bond acceptors (Lipinski definition) is 6. The van der Waals surface area contributed by atoms with E-state index in [1.54, 1.807) is 0 Å². The van der Waals surface area contributed by atoms with Gasteiger partial charge in [-0.25, -0.2) is 25.3 Å². The topological polar surface area (TPSA) is 102 Å². The maximum Gasteiger partial charge on any atom is 0.264 e. The van der Waals surface area contributed by atoms with Crippen LogP contribution >= 0.6 is 43.6 Å². The molecule has 6 nitrogen and oxygen atoms in total. The van der Waals surface area contributed by atoms with Crippen LogP contribution in [0.5, 0.6) is 0 Å². The lowest BCUT2D eigenvalue weighted by molar-refractivity contribution is 0.588. The lowest BCUT2D eigenvalue weighted by atomic mass is 10.3. The van der Waals surface area contributed by atoms with Crippen LogP contribution in [0.15, 0.2) is 26.8 Å². The second-order valence-corrected chi connectivity index (χ2v) is 11.0. The Morgan fingerprint density at radius 3 is 1.42 bits per heavy atom. The Balaban J connectivity index is 4.18. The molecule has 0 fully saturated rings. The van der Waals surface area contributed by atoms with Gasteiger partial charge in [-0.2, -0.15) is 0 Å². The van der Waals surface area contributed by atoms with E-state index in [0.29, 0.717) is 6.07 Å². The summed E-state index contributed by atoms with van der Waals surface area (Å²) in [5.41, 5.74) is 0. The summed E-state index contributed by atoms with van der Waals surface area (Å²) in [6.07, 6.45) is 0. The van der Waals surface area contributed by atoms with Crippen molar-refractivity contribution in [3.05, 3.63) is 17.2 Å². The van der Waals surface area contributed by atoms with Gasteiger partial charge in [-0.05, 0) is 12.1 Å². The molecule has 0 amide bonds. The Morgan fingerprint density at radius 2 is 1.11 bits per heavy atom. The maximum atomic E-state index is 11.4. The van der Waals surface area contributed by atoms with Gasteiger partial charge in [0.25, 0.3) is 27.2 Å². The highest BCUT2D eigenvalue weighted by molar-refractivity contribution is 8.17. The summed E-state index contributed by atoms with van der Waals surface area (Å²) >= 11 is 5.52. The van der Waals surface area contributed by atoms with E-state index in [0.717, 1.165) is 6.07 Å². The van der Waals surface area contributed by atoms with Gasteiger partial charge in [0.2, 0.25) is 0 Å². The largest absolute Gasteiger partial charge is 0.264 e. The van der Waals surface area contributed by atoms with E-state index in [9.17, 15) is 25.3 Å². The molecule has 0 aliphatic heterocycles. The average Bonchev–Trinajstić information content (AvgIpc) is 2.11. The van der Waals surface area contributed by atoms with Gasteiger partial charge in [0.05, 0.1) is 5.02 Å². The third-order valence-corrected chi connectivity index (χ3v) is 6.58. The first-order valence-electron chi connectivity index (χ1n) is 3.92. The summed E-state index contributed by atoms with van der Waals surface area (Å²) in [7, 11) is 0.998. The van der Waals surface area contributed by atoms with E-state index < -0.39 is 46.9 Å². The molecule has 0 aliphatic carbocycles. The molecule has 13 heteroatoms. The summed E-state index contributed by atoms with van der Waals surface area (Å²) in [6, 6.07) is 1.52. The SMILES string of the molecule is O=S(=O)(Cl)c1ccc(Cl)c(S(=O)(=O)Cl)c1S(=O)(=O)Cl. The van der Waals surface area contributed by atoms with E-state index in [1.165, 1.54) is 0 Å². The number of rotatable bonds is 3. The molecule has 0 saturated carbocycles. The van der Waals surface area contributed by atoms with Crippen molar-refractivity contribution in [2.75, 3.05) is 0 Å². The Morgan fingerprint density at radius 1 is 0.684 bits per heavy atom. The summed E-state index contributed by atoms with van der Waals surface area (Å²) in [4.78, 5) is -3.47. The van der Waals surface area contributed by atoms with Crippen LogP contribution in [0.1, 0.15) is 0 Å². The van der Waals surface area contributed by atoms with Crippen molar-refractivity contribution in [2.24, 2.45) is 0 Å². The predicted octanol–water partition coefficient (Wildman–Crippen LogP) is 2.12. The normalized spacial score (nSPS) is 13.5. The van der Waals surface area contributed by atoms with E-state index in [-0.39, 0.29) is 0 Å². The first-order valence-corrected chi connectivity index (χ1v) is 11.2. The smallest absolute Gasteiger partial charge is 0.207 e. The molecular formula is C6H2Cl4O6S3. The Bertz CT molecular complexity index is 839. The van der Waals surface area contributed by atoms with Crippen molar-refractivity contribution >= 4 is 70.8 Å². The van der Waals surface area contributed by atoms with Gasteiger partial charge in [-0.1, -0.05) is 11.6 Å². The van der Waals surface area contributed by atoms with Crippen molar-refractivity contribution in [3.63, 3.8) is 0 Å². The fourth-order valence-corrected chi connectivity index (χ4v) is 6.91. The fourth-order valence-electron chi connectivity index (χ4n) is 1.17. The Hall–Kier alpha value is 0.230. The van der Waals surface area contributed by atoms with Gasteiger partial charge in [0, 0.05) is 32.0 Å². The van der Waals surface area contributed by atoms with Crippen LogP contribution in [-0.2, 0) is 27.2 Å².